The van der Waals surface area contributed by atoms with E-state index in [1.165, 1.54) is 7.11 Å². The Balaban J connectivity index is 2.04. The zero-order chi connectivity index (χ0) is 16.7. The van der Waals surface area contributed by atoms with Crippen LogP contribution in [0.5, 0.6) is 11.5 Å². The predicted molar refractivity (Wildman–Crippen MR) is 84.8 cm³/mol. The lowest BCUT2D eigenvalue weighted by atomic mass is 9.85. The van der Waals surface area contributed by atoms with Crippen molar-refractivity contribution < 1.29 is 33.0 Å². The molecule has 1 heterocycles. The Morgan fingerprint density at radius 1 is 1.35 bits per heavy atom. The molecule has 0 saturated heterocycles. The van der Waals surface area contributed by atoms with Gasteiger partial charge in [0.25, 0.3) is 0 Å². The normalized spacial score (nSPS) is 16.0. The third kappa shape index (κ3) is 5.53. The zero-order valence-electron chi connectivity index (χ0n) is 12.9. The highest BCUT2D eigenvalue weighted by Gasteiger charge is 2.25. The molecule has 0 aliphatic carbocycles. The Kier molecular flexibility index (Phi) is 7.44. The van der Waals surface area contributed by atoms with Crippen molar-refractivity contribution in [3.63, 3.8) is 0 Å². The summed E-state index contributed by atoms with van der Waals surface area (Å²) in [6.45, 7) is 2.61. The maximum absolute atomic E-state index is 10.6. The fraction of sp³-hybridized carbons (Fsp3) is 0.538. The first kappa shape index (κ1) is 18.3. The van der Waals surface area contributed by atoms with Gasteiger partial charge in [-0.2, -0.15) is 0 Å². The summed E-state index contributed by atoms with van der Waals surface area (Å²) < 4.78 is 20.7. The van der Waals surface area contributed by atoms with Crippen molar-refractivity contribution in [2.75, 3.05) is 26.9 Å². The molecule has 0 radical (unpaired) electrons. The van der Waals surface area contributed by atoms with E-state index in [4.69, 9.17) is 13.7 Å². The molecule has 0 amide bonds. The average molecular weight is 345 g/mol. The van der Waals surface area contributed by atoms with Crippen molar-refractivity contribution >= 4 is 19.4 Å². The Hall–Kier alpha value is -1.01. The maximum atomic E-state index is 10.6. The van der Waals surface area contributed by atoms with Crippen LogP contribution in [0.4, 0.5) is 0 Å². The number of fused-ring (bicyclic) bond motifs is 1. The van der Waals surface area contributed by atoms with Gasteiger partial charge in [-0.25, -0.2) is 4.89 Å². The van der Waals surface area contributed by atoms with Gasteiger partial charge in [0, 0.05) is 0 Å². The van der Waals surface area contributed by atoms with E-state index in [0.29, 0.717) is 42.6 Å². The number of hydrogen-bond donors (Lipinski definition) is 3. The van der Waals surface area contributed by atoms with Crippen LogP contribution in [-0.2, 0) is 13.4 Å². The second kappa shape index (κ2) is 9.33. The molecule has 0 aromatic heterocycles. The van der Waals surface area contributed by atoms with Gasteiger partial charge in [0.05, 0.1) is 25.9 Å². The molecule has 10 heteroatoms. The number of nitrogens with one attached hydrogen (secondary N) is 1. The molecule has 0 fully saturated rings. The minimum atomic E-state index is -0.927. The first-order valence-electron chi connectivity index (χ1n) is 7.12. The summed E-state index contributed by atoms with van der Waals surface area (Å²) >= 11 is 0.644. The zero-order valence-corrected chi connectivity index (χ0v) is 13.7. The molecule has 1 aromatic rings. The molecule has 1 aromatic carbocycles. The number of benzene rings is 1. The summed E-state index contributed by atoms with van der Waals surface area (Å²) in [4.78, 5) is 4.39. The lowest BCUT2D eigenvalue weighted by molar-refractivity contribution is -0.167. The van der Waals surface area contributed by atoms with Gasteiger partial charge >= 0.3 is 7.05 Å². The molecular weight excluding hydrogens is 325 g/mol. The molecule has 0 saturated carbocycles. The topological polar surface area (TPSA) is 98.6 Å². The van der Waals surface area contributed by atoms with Gasteiger partial charge in [0.15, 0.2) is 23.8 Å². The molecule has 0 bridgehead atoms. The molecule has 128 valence electrons. The smallest absolute Gasteiger partial charge is 0.374 e. The van der Waals surface area contributed by atoms with Gasteiger partial charge in [-0.3, -0.25) is 4.18 Å². The Morgan fingerprint density at radius 3 is 2.78 bits per heavy atom. The maximum Gasteiger partial charge on any atom is 0.374 e. The van der Waals surface area contributed by atoms with Crippen molar-refractivity contribution in [2.45, 2.75) is 19.0 Å². The first-order valence-corrected chi connectivity index (χ1v) is 7.79. The number of aliphatic hydroxyl groups excluding tert-OH is 1. The first-order chi connectivity index (χ1) is 11.1. The predicted octanol–water partition coefficient (Wildman–Crippen LogP) is 0.717. The standard InChI is InChI=1S/C13H20BNO7S/c1-14(17)15-10(8-21-23-22-18-2)13(16)9-3-4-11-12(7-9)20-6-5-19-11/h3-4,7,10,13,15-17H,5-6,8H2,1-2H3/t10-,13-/m1/s1. The van der Waals surface area contributed by atoms with E-state index in [9.17, 15) is 10.1 Å². The highest BCUT2D eigenvalue weighted by atomic mass is 32.2. The second-order valence-corrected chi connectivity index (χ2v) is 5.39. The summed E-state index contributed by atoms with van der Waals surface area (Å²) in [5.74, 6) is 1.23. The molecule has 23 heavy (non-hydrogen) atoms. The third-order valence-corrected chi connectivity index (χ3v) is 3.56. The van der Waals surface area contributed by atoms with E-state index in [-0.39, 0.29) is 6.61 Å². The van der Waals surface area contributed by atoms with Gasteiger partial charge in [-0.1, -0.05) is 6.07 Å². The van der Waals surface area contributed by atoms with E-state index in [0.717, 1.165) is 0 Å². The van der Waals surface area contributed by atoms with Crippen LogP contribution < -0.4 is 14.7 Å². The summed E-state index contributed by atoms with van der Waals surface area (Å²) in [6, 6.07) is 4.64. The molecule has 2 rings (SSSR count). The number of rotatable bonds is 9. The fourth-order valence-electron chi connectivity index (χ4n) is 2.16. The molecule has 1 aliphatic rings. The monoisotopic (exact) mass is 345 g/mol. The molecule has 0 unspecified atom stereocenters. The quantitative estimate of drug-likeness (QED) is 0.197. The van der Waals surface area contributed by atoms with Crippen molar-refractivity contribution in [3.8, 4) is 11.5 Å². The Labute approximate surface area is 139 Å². The highest BCUT2D eigenvalue weighted by Crippen LogP contribution is 2.33. The van der Waals surface area contributed by atoms with Crippen molar-refractivity contribution in [3.05, 3.63) is 23.8 Å². The van der Waals surface area contributed by atoms with Gasteiger partial charge in [-0.05, 0) is 24.5 Å². The Morgan fingerprint density at radius 2 is 2.09 bits per heavy atom. The molecule has 1 aliphatic heterocycles. The van der Waals surface area contributed by atoms with Crippen molar-refractivity contribution in [1.29, 1.82) is 0 Å². The van der Waals surface area contributed by atoms with Gasteiger partial charge in [0.2, 0.25) is 0 Å². The third-order valence-electron chi connectivity index (χ3n) is 3.14. The highest BCUT2D eigenvalue weighted by molar-refractivity contribution is 7.89. The number of hydrogen-bond acceptors (Lipinski definition) is 9. The van der Waals surface area contributed by atoms with Crippen LogP contribution in [0.15, 0.2) is 18.2 Å². The second-order valence-electron chi connectivity index (χ2n) is 4.88. The molecular formula is C13H20BNO7S. The van der Waals surface area contributed by atoms with Crippen molar-refractivity contribution in [1.82, 2.24) is 5.23 Å². The van der Waals surface area contributed by atoms with Gasteiger partial charge in [-0.15, -0.1) is 4.33 Å². The van der Waals surface area contributed by atoms with Gasteiger partial charge in [0.1, 0.15) is 13.2 Å². The van der Waals surface area contributed by atoms with Crippen molar-refractivity contribution in [2.24, 2.45) is 0 Å². The summed E-state index contributed by atoms with van der Waals surface area (Å²) in [5, 5.41) is 22.9. The summed E-state index contributed by atoms with van der Waals surface area (Å²) in [7, 11) is 0.537. The van der Waals surface area contributed by atoms with Crippen LogP contribution in [0.3, 0.4) is 0 Å². The van der Waals surface area contributed by atoms with E-state index >= 15 is 0 Å². The van der Waals surface area contributed by atoms with E-state index in [1.54, 1.807) is 25.0 Å². The number of aliphatic hydroxyl groups is 1. The van der Waals surface area contributed by atoms with Crippen LogP contribution >= 0.6 is 12.3 Å². The minimum absolute atomic E-state index is 0.0779. The molecule has 8 nitrogen and oxygen atoms in total. The minimum Gasteiger partial charge on any atom is -0.486 e. The van der Waals surface area contributed by atoms with Crippen LogP contribution in [0.2, 0.25) is 6.82 Å². The lowest BCUT2D eigenvalue weighted by Gasteiger charge is -2.26. The summed E-state index contributed by atoms with van der Waals surface area (Å²) in [6.07, 6.45) is -0.927. The fourth-order valence-corrected chi connectivity index (χ4v) is 2.46. The average Bonchev–Trinajstić information content (AvgIpc) is 2.56. The lowest BCUT2D eigenvalue weighted by Crippen LogP contribution is -2.46. The summed E-state index contributed by atoms with van der Waals surface area (Å²) in [5.41, 5.74) is 0.619. The van der Waals surface area contributed by atoms with E-state index in [1.807, 2.05) is 0 Å². The van der Waals surface area contributed by atoms with Crippen LogP contribution in [0, 0.1) is 0 Å². The molecule has 3 N–H and O–H groups in total. The molecule has 0 spiro atoms. The Bertz CT molecular complexity index is 493. The van der Waals surface area contributed by atoms with Crippen LogP contribution in [0.1, 0.15) is 11.7 Å². The van der Waals surface area contributed by atoms with E-state index in [2.05, 4.69) is 14.4 Å². The largest absolute Gasteiger partial charge is 0.486 e. The van der Waals surface area contributed by atoms with Crippen LogP contribution in [0.25, 0.3) is 0 Å². The van der Waals surface area contributed by atoms with E-state index < -0.39 is 19.2 Å². The SMILES string of the molecule is COOSOC[C@@H](NB(C)O)[C@H](O)c1ccc2c(c1)OCCO2. The number of ether oxygens (including phenoxy) is 2. The van der Waals surface area contributed by atoms with Crippen LogP contribution in [-0.4, -0.2) is 50.2 Å². The molecule has 2 atom stereocenters. The van der Waals surface area contributed by atoms with Gasteiger partial charge < -0.3 is 24.8 Å².